The Labute approximate surface area is 186 Å². The van der Waals surface area contributed by atoms with E-state index in [1.807, 2.05) is 39.9 Å². The summed E-state index contributed by atoms with van der Waals surface area (Å²) >= 11 is 0. The number of nitrogens with one attached hydrogen (secondary N) is 1. The molecule has 0 spiro atoms. The van der Waals surface area contributed by atoms with Crippen molar-refractivity contribution in [3.63, 3.8) is 0 Å². The molecule has 1 fully saturated rings. The lowest BCUT2D eigenvalue weighted by Crippen LogP contribution is -2.42. The molecule has 2 aromatic heterocycles. The van der Waals surface area contributed by atoms with Gasteiger partial charge in [-0.3, -0.25) is 14.6 Å². The SMILES string of the molecule is COc1ccc(NC(=O)C2CCN(C(=O)c3cccn3-c3cccnc3)CC2)cc1OC. The molecule has 1 aliphatic heterocycles. The van der Waals surface area contributed by atoms with Gasteiger partial charge in [-0.05, 0) is 49.2 Å². The van der Waals surface area contributed by atoms with Gasteiger partial charge in [0.1, 0.15) is 5.69 Å². The van der Waals surface area contributed by atoms with Gasteiger partial charge in [-0.15, -0.1) is 0 Å². The maximum atomic E-state index is 13.1. The first-order valence-corrected chi connectivity index (χ1v) is 10.5. The van der Waals surface area contributed by atoms with Gasteiger partial charge in [0.15, 0.2) is 11.5 Å². The fourth-order valence-electron chi connectivity index (χ4n) is 3.94. The van der Waals surface area contributed by atoms with Crippen LogP contribution in [0.1, 0.15) is 23.3 Å². The number of anilines is 1. The zero-order valence-corrected chi connectivity index (χ0v) is 18.2. The molecule has 0 radical (unpaired) electrons. The van der Waals surface area contributed by atoms with Crippen molar-refractivity contribution < 1.29 is 19.1 Å². The summed E-state index contributed by atoms with van der Waals surface area (Å²) in [6.45, 7) is 1.06. The molecule has 4 rings (SSSR count). The van der Waals surface area contributed by atoms with Gasteiger partial charge in [-0.1, -0.05) is 0 Å². The minimum atomic E-state index is -0.155. The number of piperidine rings is 1. The van der Waals surface area contributed by atoms with Gasteiger partial charge in [0.25, 0.3) is 5.91 Å². The highest BCUT2D eigenvalue weighted by Gasteiger charge is 2.29. The number of pyridine rings is 1. The third-order valence-electron chi connectivity index (χ3n) is 5.70. The molecule has 8 heteroatoms. The minimum Gasteiger partial charge on any atom is -0.493 e. The number of nitrogens with zero attached hydrogens (tertiary/aromatic N) is 3. The number of carbonyl (C=O) groups is 2. The van der Waals surface area contributed by atoms with Crippen molar-refractivity contribution in [3.05, 3.63) is 66.7 Å². The van der Waals surface area contributed by atoms with Crippen LogP contribution in [0.5, 0.6) is 11.5 Å². The molecule has 32 heavy (non-hydrogen) atoms. The molecule has 1 saturated heterocycles. The molecule has 2 amide bonds. The zero-order valence-electron chi connectivity index (χ0n) is 18.2. The van der Waals surface area contributed by atoms with E-state index in [9.17, 15) is 9.59 Å². The Morgan fingerprint density at radius 1 is 1.03 bits per heavy atom. The van der Waals surface area contributed by atoms with Gasteiger partial charge in [-0.2, -0.15) is 0 Å². The summed E-state index contributed by atoms with van der Waals surface area (Å²) in [6, 6.07) is 12.7. The highest BCUT2D eigenvalue weighted by atomic mass is 16.5. The molecule has 8 nitrogen and oxygen atoms in total. The van der Waals surface area contributed by atoms with Crippen LogP contribution in [0.4, 0.5) is 5.69 Å². The van der Waals surface area contributed by atoms with Crippen LogP contribution >= 0.6 is 0 Å². The molecular formula is C24H26N4O4. The van der Waals surface area contributed by atoms with Gasteiger partial charge in [0.2, 0.25) is 5.91 Å². The second-order valence-corrected chi connectivity index (χ2v) is 7.60. The van der Waals surface area contributed by atoms with Crippen molar-refractivity contribution in [2.24, 2.45) is 5.92 Å². The molecule has 0 aliphatic carbocycles. The molecule has 1 aromatic carbocycles. The maximum Gasteiger partial charge on any atom is 0.270 e. The number of aromatic nitrogens is 2. The second-order valence-electron chi connectivity index (χ2n) is 7.60. The van der Waals surface area contributed by atoms with Crippen molar-refractivity contribution in [3.8, 4) is 17.2 Å². The standard InChI is InChI=1S/C24H26N4O4/c1-31-21-8-7-18(15-22(21)32-2)26-23(29)17-9-13-27(14-10-17)24(30)20-6-4-12-28(20)19-5-3-11-25-16-19/h3-8,11-12,15-17H,9-10,13-14H2,1-2H3,(H,26,29). The van der Waals surface area contributed by atoms with Crippen molar-refractivity contribution >= 4 is 17.5 Å². The Kier molecular flexibility index (Phi) is 6.39. The summed E-state index contributed by atoms with van der Waals surface area (Å²) in [5.74, 6) is 0.911. The molecular weight excluding hydrogens is 408 g/mol. The minimum absolute atomic E-state index is 0.0439. The predicted molar refractivity (Wildman–Crippen MR) is 120 cm³/mol. The van der Waals surface area contributed by atoms with Crippen LogP contribution in [0.15, 0.2) is 61.1 Å². The summed E-state index contributed by atoms with van der Waals surface area (Å²) in [7, 11) is 3.12. The van der Waals surface area contributed by atoms with E-state index in [1.54, 1.807) is 44.8 Å². The molecule has 3 heterocycles. The molecule has 0 bridgehead atoms. The van der Waals surface area contributed by atoms with Gasteiger partial charge >= 0.3 is 0 Å². The van der Waals surface area contributed by atoms with Crippen LogP contribution in [0.3, 0.4) is 0 Å². The quantitative estimate of drug-likeness (QED) is 0.643. The number of carbonyl (C=O) groups excluding carboxylic acids is 2. The average molecular weight is 434 g/mol. The molecule has 0 atom stereocenters. The van der Waals surface area contributed by atoms with E-state index in [0.29, 0.717) is 48.8 Å². The third kappa shape index (κ3) is 4.44. The van der Waals surface area contributed by atoms with Crippen LogP contribution in [0, 0.1) is 5.92 Å². The number of hydrogen-bond donors (Lipinski definition) is 1. The first-order chi connectivity index (χ1) is 15.6. The van der Waals surface area contributed by atoms with E-state index in [4.69, 9.17) is 9.47 Å². The number of methoxy groups -OCH3 is 2. The Morgan fingerprint density at radius 2 is 1.81 bits per heavy atom. The summed E-state index contributed by atoms with van der Waals surface area (Å²) in [5.41, 5.74) is 2.08. The third-order valence-corrected chi connectivity index (χ3v) is 5.70. The van der Waals surface area contributed by atoms with Crippen LogP contribution in [0.25, 0.3) is 5.69 Å². The van der Waals surface area contributed by atoms with E-state index in [0.717, 1.165) is 5.69 Å². The largest absolute Gasteiger partial charge is 0.493 e. The first-order valence-electron chi connectivity index (χ1n) is 10.5. The molecule has 0 saturated carbocycles. The van der Waals surface area contributed by atoms with Crippen LogP contribution in [-0.2, 0) is 4.79 Å². The Hall–Kier alpha value is -3.81. The Morgan fingerprint density at radius 3 is 2.50 bits per heavy atom. The van der Waals surface area contributed by atoms with E-state index >= 15 is 0 Å². The predicted octanol–water partition coefficient (Wildman–Crippen LogP) is 3.38. The summed E-state index contributed by atoms with van der Waals surface area (Å²) < 4.78 is 12.4. The highest BCUT2D eigenvalue weighted by Crippen LogP contribution is 2.30. The first kappa shape index (κ1) is 21.4. The topological polar surface area (TPSA) is 85.7 Å². The average Bonchev–Trinajstić information content (AvgIpc) is 3.34. The lowest BCUT2D eigenvalue weighted by atomic mass is 9.95. The number of benzene rings is 1. The number of amides is 2. The smallest absolute Gasteiger partial charge is 0.270 e. The normalized spacial score (nSPS) is 14.1. The number of hydrogen-bond acceptors (Lipinski definition) is 5. The van der Waals surface area contributed by atoms with Crippen LogP contribution in [0.2, 0.25) is 0 Å². The van der Waals surface area contributed by atoms with E-state index in [1.165, 1.54) is 0 Å². The van der Waals surface area contributed by atoms with Crippen molar-refractivity contribution in [1.29, 1.82) is 0 Å². The second kappa shape index (κ2) is 9.55. The molecule has 166 valence electrons. The molecule has 3 aromatic rings. The van der Waals surface area contributed by atoms with E-state index in [-0.39, 0.29) is 17.7 Å². The fraction of sp³-hybridized carbons (Fsp3) is 0.292. The van der Waals surface area contributed by atoms with Gasteiger partial charge in [-0.25, -0.2) is 0 Å². The maximum absolute atomic E-state index is 13.1. The van der Waals surface area contributed by atoms with E-state index < -0.39 is 0 Å². The molecule has 1 aliphatic rings. The van der Waals surface area contributed by atoms with Crippen LogP contribution in [-0.4, -0.2) is 53.6 Å². The monoisotopic (exact) mass is 434 g/mol. The van der Waals surface area contributed by atoms with E-state index in [2.05, 4.69) is 10.3 Å². The van der Waals surface area contributed by atoms with Crippen molar-refractivity contribution in [2.45, 2.75) is 12.8 Å². The summed E-state index contributed by atoms with van der Waals surface area (Å²) in [4.78, 5) is 31.8. The lowest BCUT2D eigenvalue weighted by molar-refractivity contribution is -0.121. The Balaban J connectivity index is 1.37. The fourth-order valence-corrected chi connectivity index (χ4v) is 3.94. The summed E-state index contributed by atoms with van der Waals surface area (Å²) in [5, 5.41) is 2.95. The zero-order chi connectivity index (χ0) is 22.5. The Bertz CT molecular complexity index is 1090. The molecule has 1 N–H and O–H groups in total. The van der Waals surface area contributed by atoms with Crippen LogP contribution < -0.4 is 14.8 Å². The molecule has 0 unspecified atom stereocenters. The van der Waals surface area contributed by atoms with Gasteiger partial charge in [0, 0.05) is 43.2 Å². The highest BCUT2D eigenvalue weighted by molar-refractivity contribution is 5.95. The van der Waals surface area contributed by atoms with Crippen molar-refractivity contribution in [1.82, 2.24) is 14.5 Å². The van der Waals surface area contributed by atoms with Gasteiger partial charge in [0.05, 0.1) is 26.1 Å². The number of ether oxygens (including phenoxy) is 2. The van der Waals surface area contributed by atoms with Gasteiger partial charge < -0.3 is 24.3 Å². The number of likely N-dealkylation sites (tertiary alicyclic amines) is 1. The lowest BCUT2D eigenvalue weighted by Gasteiger charge is -2.31. The summed E-state index contributed by atoms with van der Waals surface area (Å²) in [6.07, 6.45) is 6.50. The number of rotatable bonds is 6. The van der Waals surface area contributed by atoms with Crippen molar-refractivity contribution in [2.75, 3.05) is 32.6 Å².